The highest BCUT2D eigenvalue weighted by Crippen LogP contribution is 2.36. The number of thioether (sulfide) groups is 1. The monoisotopic (exact) mass is 317 g/mol. The summed E-state index contributed by atoms with van der Waals surface area (Å²) in [6.45, 7) is 9.63. The molecule has 1 saturated carbocycles. The van der Waals surface area contributed by atoms with Crippen LogP contribution < -0.4 is 16.8 Å². The molecule has 0 spiro atoms. The first-order valence-electron chi connectivity index (χ1n) is 7.89. The highest BCUT2D eigenvalue weighted by molar-refractivity contribution is 8.02. The van der Waals surface area contributed by atoms with Crippen molar-refractivity contribution in [1.29, 1.82) is 0 Å². The first-order valence-corrected chi connectivity index (χ1v) is 8.88. The van der Waals surface area contributed by atoms with Crippen LogP contribution in [0, 0.1) is 5.92 Å². The number of nitrogens with two attached hydrogens (primary N) is 2. The fraction of sp³-hybridized carbons (Fsp3) is 0.444. The van der Waals surface area contributed by atoms with E-state index in [9.17, 15) is 0 Å². The van der Waals surface area contributed by atoms with Crippen LogP contribution in [0.5, 0.6) is 0 Å². The Morgan fingerprint density at radius 1 is 1.23 bits per heavy atom. The van der Waals surface area contributed by atoms with E-state index in [1.807, 2.05) is 11.8 Å². The number of benzene rings is 1. The van der Waals surface area contributed by atoms with Crippen molar-refractivity contribution in [1.82, 2.24) is 5.32 Å². The molecule has 1 fully saturated rings. The van der Waals surface area contributed by atoms with E-state index in [2.05, 4.69) is 42.7 Å². The fourth-order valence-corrected chi connectivity index (χ4v) is 3.72. The molecule has 0 heterocycles. The second kappa shape index (κ2) is 8.42. The van der Waals surface area contributed by atoms with E-state index in [0.29, 0.717) is 18.5 Å². The molecule has 0 bridgehead atoms. The lowest BCUT2D eigenvalue weighted by atomic mass is 10.1. The van der Waals surface area contributed by atoms with Gasteiger partial charge in [-0.25, -0.2) is 0 Å². The van der Waals surface area contributed by atoms with Gasteiger partial charge in [0.25, 0.3) is 0 Å². The third-order valence-corrected chi connectivity index (χ3v) is 5.32. The Balaban J connectivity index is 1.81. The van der Waals surface area contributed by atoms with Gasteiger partial charge in [0.15, 0.2) is 0 Å². The Morgan fingerprint density at radius 2 is 1.95 bits per heavy atom. The van der Waals surface area contributed by atoms with Crippen molar-refractivity contribution < 1.29 is 0 Å². The normalized spacial score (nSPS) is 20.8. The molecule has 0 aliphatic heterocycles. The number of hydrogen-bond donors (Lipinski definition) is 3. The predicted molar refractivity (Wildman–Crippen MR) is 98.3 cm³/mol. The third-order valence-electron chi connectivity index (χ3n) is 4.14. The Bertz CT molecular complexity index is 510. The zero-order valence-corrected chi connectivity index (χ0v) is 14.0. The van der Waals surface area contributed by atoms with Crippen molar-refractivity contribution >= 4 is 17.5 Å². The molecular formula is C18H27N3S. The van der Waals surface area contributed by atoms with Gasteiger partial charge < -0.3 is 16.8 Å². The number of nitrogens with one attached hydrogen (secondary N) is 1. The van der Waals surface area contributed by atoms with Crippen LogP contribution in [-0.4, -0.2) is 19.1 Å². The minimum Gasteiger partial charge on any atom is -0.384 e. The molecule has 0 radical (unpaired) electrons. The Labute approximate surface area is 138 Å². The van der Waals surface area contributed by atoms with Gasteiger partial charge in [-0.3, -0.25) is 0 Å². The molecule has 120 valence electrons. The standard InChI is InChI=1S/C18H27N3S/c1-13(21-10-9-19)16-5-3-15(4-6-16)12-22-14(2)17-7-8-18(20)11-17/h3-6,17-18,21H,1-2,7-12,19-20H2. The summed E-state index contributed by atoms with van der Waals surface area (Å²) in [6, 6.07) is 8.90. The predicted octanol–water partition coefficient (Wildman–Crippen LogP) is 3.08. The molecular weight excluding hydrogens is 290 g/mol. The maximum absolute atomic E-state index is 5.98. The van der Waals surface area contributed by atoms with Crippen molar-refractivity contribution in [3.8, 4) is 0 Å². The third kappa shape index (κ3) is 4.90. The molecule has 4 heteroatoms. The van der Waals surface area contributed by atoms with Gasteiger partial charge in [0.2, 0.25) is 0 Å². The molecule has 2 rings (SSSR count). The zero-order valence-electron chi connectivity index (χ0n) is 13.2. The Morgan fingerprint density at radius 3 is 2.55 bits per heavy atom. The second-order valence-electron chi connectivity index (χ2n) is 5.92. The van der Waals surface area contributed by atoms with Gasteiger partial charge in [-0.05, 0) is 41.2 Å². The average molecular weight is 318 g/mol. The topological polar surface area (TPSA) is 64.1 Å². The van der Waals surface area contributed by atoms with Crippen molar-refractivity contribution in [2.75, 3.05) is 13.1 Å². The quantitative estimate of drug-likeness (QED) is 0.689. The average Bonchev–Trinajstić information content (AvgIpc) is 2.97. The van der Waals surface area contributed by atoms with E-state index in [4.69, 9.17) is 11.5 Å². The van der Waals surface area contributed by atoms with Gasteiger partial charge in [-0.15, -0.1) is 11.8 Å². The molecule has 22 heavy (non-hydrogen) atoms. The Hall–Kier alpha value is -1.23. The lowest BCUT2D eigenvalue weighted by molar-refractivity contribution is 0.645. The van der Waals surface area contributed by atoms with Gasteiger partial charge in [-0.1, -0.05) is 37.4 Å². The van der Waals surface area contributed by atoms with Gasteiger partial charge in [0, 0.05) is 30.6 Å². The molecule has 0 aromatic heterocycles. The summed E-state index contributed by atoms with van der Waals surface area (Å²) in [5, 5.41) is 3.21. The van der Waals surface area contributed by atoms with E-state index in [1.54, 1.807) is 0 Å². The smallest absolute Gasteiger partial charge is 0.0341 e. The molecule has 2 unspecified atom stereocenters. The first kappa shape index (κ1) is 17.1. The van der Waals surface area contributed by atoms with Crippen LogP contribution in [0.25, 0.3) is 5.70 Å². The summed E-state index contributed by atoms with van der Waals surface area (Å²) < 4.78 is 0. The van der Waals surface area contributed by atoms with Gasteiger partial charge in [0.1, 0.15) is 0 Å². The minimum absolute atomic E-state index is 0.369. The summed E-state index contributed by atoms with van der Waals surface area (Å²) in [6.07, 6.45) is 3.42. The van der Waals surface area contributed by atoms with Crippen molar-refractivity contribution in [3.05, 3.63) is 53.5 Å². The van der Waals surface area contributed by atoms with E-state index in [-0.39, 0.29) is 0 Å². The van der Waals surface area contributed by atoms with E-state index < -0.39 is 0 Å². The summed E-state index contributed by atoms with van der Waals surface area (Å²) >= 11 is 1.85. The SMILES string of the molecule is C=C(NCCN)c1ccc(CSC(=C)C2CCC(N)C2)cc1. The van der Waals surface area contributed by atoms with E-state index in [1.165, 1.54) is 16.9 Å². The van der Waals surface area contributed by atoms with E-state index >= 15 is 0 Å². The molecule has 0 amide bonds. The summed E-state index contributed by atoms with van der Waals surface area (Å²) in [5.41, 5.74) is 14.8. The summed E-state index contributed by atoms with van der Waals surface area (Å²) in [7, 11) is 0. The maximum atomic E-state index is 5.98. The minimum atomic E-state index is 0.369. The highest BCUT2D eigenvalue weighted by atomic mass is 32.2. The van der Waals surface area contributed by atoms with Crippen LogP contribution in [-0.2, 0) is 5.75 Å². The summed E-state index contributed by atoms with van der Waals surface area (Å²) in [5.74, 6) is 1.56. The van der Waals surface area contributed by atoms with Crippen molar-refractivity contribution in [3.63, 3.8) is 0 Å². The van der Waals surface area contributed by atoms with E-state index in [0.717, 1.165) is 36.4 Å². The van der Waals surface area contributed by atoms with Crippen molar-refractivity contribution in [2.24, 2.45) is 17.4 Å². The molecule has 3 nitrogen and oxygen atoms in total. The molecule has 1 aliphatic rings. The number of hydrogen-bond acceptors (Lipinski definition) is 4. The van der Waals surface area contributed by atoms with Gasteiger partial charge >= 0.3 is 0 Å². The maximum Gasteiger partial charge on any atom is 0.0341 e. The molecule has 0 saturated heterocycles. The molecule has 1 aromatic carbocycles. The summed E-state index contributed by atoms with van der Waals surface area (Å²) in [4.78, 5) is 1.28. The molecule has 1 aromatic rings. The van der Waals surface area contributed by atoms with Crippen LogP contribution in [0.4, 0.5) is 0 Å². The lowest BCUT2D eigenvalue weighted by Crippen LogP contribution is -2.20. The lowest BCUT2D eigenvalue weighted by Gasteiger charge is -2.13. The first-order chi connectivity index (χ1) is 10.6. The number of allylic oxidation sites excluding steroid dienone is 1. The highest BCUT2D eigenvalue weighted by Gasteiger charge is 2.23. The second-order valence-corrected chi connectivity index (χ2v) is 7.02. The zero-order chi connectivity index (χ0) is 15.9. The van der Waals surface area contributed by atoms with Crippen LogP contribution in [0.2, 0.25) is 0 Å². The largest absolute Gasteiger partial charge is 0.384 e. The van der Waals surface area contributed by atoms with Crippen LogP contribution in [0.1, 0.15) is 30.4 Å². The molecule has 1 aliphatic carbocycles. The Kier molecular flexibility index (Phi) is 6.55. The molecule has 5 N–H and O–H groups in total. The van der Waals surface area contributed by atoms with Crippen molar-refractivity contribution in [2.45, 2.75) is 31.1 Å². The molecule has 2 atom stereocenters. The van der Waals surface area contributed by atoms with Crippen LogP contribution in [0.15, 0.2) is 42.3 Å². The number of rotatable bonds is 8. The fourth-order valence-electron chi connectivity index (χ4n) is 2.73. The van der Waals surface area contributed by atoms with Crippen LogP contribution in [0.3, 0.4) is 0 Å². The van der Waals surface area contributed by atoms with Gasteiger partial charge in [0.05, 0.1) is 0 Å². The van der Waals surface area contributed by atoms with Gasteiger partial charge in [-0.2, -0.15) is 0 Å². The van der Waals surface area contributed by atoms with Crippen LogP contribution >= 0.6 is 11.8 Å².